The van der Waals surface area contributed by atoms with E-state index in [0.717, 1.165) is 10.2 Å². The van der Waals surface area contributed by atoms with Crippen molar-refractivity contribution in [3.63, 3.8) is 0 Å². The molecular weight excluding hydrogens is 375 g/mol. The molecule has 0 bridgehead atoms. The molecule has 0 saturated heterocycles. The quantitative estimate of drug-likeness (QED) is 0.807. The van der Waals surface area contributed by atoms with Gasteiger partial charge in [0.1, 0.15) is 19.5 Å². The van der Waals surface area contributed by atoms with Crippen molar-refractivity contribution in [2.75, 3.05) is 26.9 Å². The number of carbonyl (C=O) groups is 1. The lowest BCUT2D eigenvalue weighted by Crippen LogP contribution is -2.21. The molecule has 0 aliphatic carbocycles. The molecule has 0 spiro atoms. The first-order chi connectivity index (χ1) is 11.6. The van der Waals surface area contributed by atoms with E-state index in [1.807, 2.05) is 4.57 Å². The maximum Gasteiger partial charge on any atom is 0.317 e. The normalized spacial score (nSPS) is 15.1. The highest BCUT2D eigenvalue weighted by Gasteiger charge is 2.16. The van der Waals surface area contributed by atoms with E-state index in [1.165, 1.54) is 17.6 Å². The molecule has 3 rings (SSSR count). The number of nitrogens with zero attached hydrogens (tertiary/aromatic N) is 2. The number of ether oxygens (including phenoxy) is 3. The highest BCUT2D eigenvalue weighted by atomic mass is 35.5. The standard InChI is InChI=1S/C15H14Cl2N2O4S/c1-21-3-2-19-13-10(17)6-9(16)7-12(13)24-15(19)18-14(20)11-8-22-4-5-23-11/h6-8H,2-5H2,1H3. The molecule has 1 aliphatic rings. The zero-order valence-corrected chi connectivity index (χ0v) is 15.1. The molecule has 1 aromatic carbocycles. The van der Waals surface area contributed by atoms with Crippen LogP contribution in [0, 0.1) is 0 Å². The minimum atomic E-state index is -0.505. The van der Waals surface area contributed by atoms with E-state index in [2.05, 4.69) is 4.99 Å². The fraction of sp³-hybridized carbons (Fsp3) is 0.333. The molecule has 0 fully saturated rings. The third-order valence-corrected chi connectivity index (χ3v) is 4.80. The Labute approximate surface area is 151 Å². The lowest BCUT2D eigenvalue weighted by Gasteiger charge is -2.12. The van der Waals surface area contributed by atoms with Crippen molar-refractivity contribution in [1.82, 2.24) is 4.57 Å². The monoisotopic (exact) mass is 388 g/mol. The van der Waals surface area contributed by atoms with Gasteiger partial charge in [0.2, 0.25) is 5.76 Å². The fourth-order valence-corrected chi connectivity index (χ4v) is 4.06. The van der Waals surface area contributed by atoms with Gasteiger partial charge in [0.05, 0.1) is 21.8 Å². The van der Waals surface area contributed by atoms with Crippen LogP contribution in [0.4, 0.5) is 0 Å². The van der Waals surface area contributed by atoms with Gasteiger partial charge in [-0.15, -0.1) is 0 Å². The Kier molecular flexibility index (Phi) is 5.45. The number of methoxy groups -OCH3 is 1. The largest absolute Gasteiger partial charge is 0.494 e. The van der Waals surface area contributed by atoms with Crippen LogP contribution < -0.4 is 4.80 Å². The van der Waals surface area contributed by atoms with Crippen molar-refractivity contribution in [3.8, 4) is 0 Å². The summed E-state index contributed by atoms with van der Waals surface area (Å²) in [5, 5.41) is 1.02. The van der Waals surface area contributed by atoms with E-state index in [1.54, 1.807) is 19.2 Å². The number of amides is 1. The zero-order valence-electron chi connectivity index (χ0n) is 12.8. The summed E-state index contributed by atoms with van der Waals surface area (Å²) in [6, 6.07) is 3.45. The van der Waals surface area contributed by atoms with Gasteiger partial charge in [-0.05, 0) is 12.1 Å². The van der Waals surface area contributed by atoms with Crippen molar-refractivity contribution in [2.24, 2.45) is 4.99 Å². The van der Waals surface area contributed by atoms with E-state index < -0.39 is 5.91 Å². The molecule has 9 heteroatoms. The minimum Gasteiger partial charge on any atom is -0.494 e. The lowest BCUT2D eigenvalue weighted by molar-refractivity contribution is -0.119. The van der Waals surface area contributed by atoms with Gasteiger partial charge in [-0.2, -0.15) is 4.99 Å². The molecular formula is C15H14Cl2N2O4S. The Morgan fingerprint density at radius 2 is 2.25 bits per heavy atom. The highest BCUT2D eigenvalue weighted by molar-refractivity contribution is 7.16. The van der Waals surface area contributed by atoms with Gasteiger partial charge in [-0.3, -0.25) is 4.79 Å². The topological polar surface area (TPSA) is 62.1 Å². The smallest absolute Gasteiger partial charge is 0.317 e. The van der Waals surface area contributed by atoms with Crippen LogP contribution in [0.5, 0.6) is 0 Å². The fourth-order valence-electron chi connectivity index (χ4n) is 2.23. The van der Waals surface area contributed by atoms with Gasteiger partial charge >= 0.3 is 5.91 Å². The van der Waals surface area contributed by atoms with Gasteiger partial charge in [0.25, 0.3) is 0 Å². The first-order valence-corrected chi connectivity index (χ1v) is 8.68. The first-order valence-electron chi connectivity index (χ1n) is 7.11. The lowest BCUT2D eigenvalue weighted by atomic mass is 10.3. The Bertz CT molecular complexity index is 872. The molecule has 0 unspecified atom stereocenters. The van der Waals surface area contributed by atoms with E-state index in [-0.39, 0.29) is 5.76 Å². The average Bonchev–Trinajstić information content (AvgIpc) is 2.90. The Morgan fingerprint density at radius 1 is 1.42 bits per heavy atom. The zero-order chi connectivity index (χ0) is 17.1. The van der Waals surface area contributed by atoms with Crippen LogP contribution in [0.15, 0.2) is 29.1 Å². The van der Waals surface area contributed by atoms with Gasteiger partial charge in [-0.1, -0.05) is 34.5 Å². The van der Waals surface area contributed by atoms with Crippen LogP contribution >= 0.6 is 34.5 Å². The van der Waals surface area contributed by atoms with Gasteiger partial charge in [0, 0.05) is 18.7 Å². The number of carbonyl (C=O) groups excluding carboxylic acids is 1. The van der Waals surface area contributed by atoms with E-state index in [0.29, 0.717) is 41.2 Å². The number of benzene rings is 1. The van der Waals surface area contributed by atoms with E-state index >= 15 is 0 Å². The average molecular weight is 389 g/mol. The number of hydrogen-bond acceptors (Lipinski definition) is 5. The maximum atomic E-state index is 12.3. The van der Waals surface area contributed by atoms with Crippen LogP contribution in [0.25, 0.3) is 10.2 Å². The predicted molar refractivity (Wildman–Crippen MR) is 92.3 cm³/mol. The summed E-state index contributed by atoms with van der Waals surface area (Å²) in [7, 11) is 1.60. The Hall–Kier alpha value is -1.54. The van der Waals surface area contributed by atoms with E-state index in [9.17, 15) is 4.79 Å². The van der Waals surface area contributed by atoms with Crippen molar-refractivity contribution in [1.29, 1.82) is 0 Å². The summed E-state index contributed by atoms with van der Waals surface area (Å²) in [5.41, 5.74) is 0.768. The second-order valence-electron chi connectivity index (χ2n) is 4.88. The van der Waals surface area contributed by atoms with Crippen molar-refractivity contribution < 1.29 is 19.0 Å². The molecule has 128 valence electrons. The summed E-state index contributed by atoms with van der Waals surface area (Å²) in [6.07, 6.45) is 1.28. The Balaban J connectivity index is 2.11. The molecule has 24 heavy (non-hydrogen) atoms. The second-order valence-corrected chi connectivity index (χ2v) is 6.73. The summed E-state index contributed by atoms with van der Waals surface area (Å²) in [4.78, 5) is 16.9. The predicted octanol–water partition coefficient (Wildman–Crippen LogP) is 2.97. The van der Waals surface area contributed by atoms with Gasteiger partial charge in [-0.25, -0.2) is 0 Å². The van der Waals surface area contributed by atoms with Crippen molar-refractivity contribution >= 4 is 50.7 Å². The number of thiazole rings is 1. The molecule has 0 radical (unpaired) electrons. The van der Waals surface area contributed by atoms with E-state index in [4.69, 9.17) is 37.4 Å². The third kappa shape index (κ3) is 3.59. The van der Waals surface area contributed by atoms with Crippen LogP contribution in [-0.4, -0.2) is 37.4 Å². The Morgan fingerprint density at radius 3 is 2.96 bits per heavy atom. The number of halogens is 2. The van der Waals surface area contributed by atoms with Gasteiger partial charge < -0.3 is 18.8 Å². The third-order valence-electron chi connectivity index (χ3n) is 3.27. The minimum absolute atomic E-state index is 0.0844. The molecule has 6 nitrogen and oxygen atoms in total. The van der Waals surface area contributed by atoms with Crippen LogP contribution in [0.3, 0.4) is 0 Å². The molecule has 0 saturated carbocycles. The molecule has 2 heterocycles. The van der Waals surface area contributed by atoms with Crippen LogP contribution in [0.1, 0.15) is 0 Å². The molecule has 1 aromatic heterocycles. The first kappa shape index (κ1) is 17.3. The van der Waals surface area contributed by atoms with Crippen LogP contribution in [0.2, 0.25) is 10.0 Å². The van der Waals surface area contributed by atoms with Crippen molar-refractivity contribution in [2.45, 2.75) is 6.54 Å². The molecule has 1 amide bonds. The summed E-state index contributed by atoms with van der Waals surface area (Å²) >= 11 is 13.7. The molecule has 2 aromatic rings. The maximum absolute atomic E-state index is 12.3. The summed E-state index contributed by atoms with van der Waals surface area (Å²) in [5.74, 6) is -0.421. The number of fused-ring (bicyclic) bond motifs is 1. The highest BCUT2D eigenvalue weighted by Crippen LogP contribution is 2.29. The van der Waals surface area contributed by atoms with Crippen LogP contribution in [-0.2, 0) is 25.5 Å². The molecule has 0 atom stereocenters. The van der Waals surface area contributed by atoms with Gasteiger partial charge in [0.15, 0.2) is 4.80 Å². The summed E-state index contributed by atoms with van der Waals surface area (Å²) in [6.45, 7) is 1.70. The molecule has 1 aliphatic heterocycles. The summed E-state index contributed by atoms with van der Waals surface area (Å²) < 4.78 is 18.2. The molecule has 0 N–H and O–H groups in total. The second kappa shape index (κ2) is 7.57. The number of aromatic nitrogens is 1. The SMILES string of the molecule is COCCn1c(=NC(=O)C2=COCCO2)sc2cc(Cl)cc(Cl)c21. The number of hydrogen-bond donors (Lipinski definition) is 0. The van der Waals surface area contributed by atoms with Crippen molar-refractivity contribution in [3.05, 3.63) is 39.0 Å². The number of rotatable bonds is 4.